The van der Waals surface area contributed by atoms with Gasteiger partial charge in [-0.25, -0.2) is 14.4 Å². The number of ether oxygens (including phenoxy) is 1. The number of benzene rings is 1. The molecule has 3 heterocycles. The van der Waals surface area contributed by atoms with Gasteiger partial charge in [-0.05, 0) is 86.1 Å². The molecular weight excluding hydrogens is 467 g/mol. The van der Waals surface area contributed by atoms with Crippen molar-refractivity contribution in [3.05, 3.63) is 53.9 Å². The van der Waals surface area contributed by atoms with Gasteiger partial charge in [0, 0.05) is 37.9 Å². The van der Waals surface area contributed by atoms with E-state index in [1.165, 1.54) is 16.7 Å². The Hall–Kier alpha value is -2.96. The van der Waals surface area contributed by atoms with Gasteiger partial charge in [-0.2, -0.15) is 0 Å². The zero-order valence-corrected chi connectivity index (χ0v) is 21.9. The number of hydrogen-bond acceptors (Lipinski definition) is 5. The molecule has 6 nitrogen and oxygen atoms in total. The van der Waals surface area contributed by atoms with Crippen molar-refractivity contribution < 1.29 is 13.9 Å². The Morgan fingerprint density at radius 3 is 2.43 bits per heavy atom. The fourth-order valence-corrected chi connectivity index (χ4v) is 5.72. The molecule has 0 spiro atoms. The summed E-state index contributed by atoms with van der Waals surface area (Å²) in [6, 6.07) is 8.36. The SMILES string of the molecule is CCc1cnc(N2CCC(CCOc3ccc(C4=CCC(C(=O)N5CC[C@H](F)C5)CC4)cc3)CC2)nc1. The van der Waals surface area contributed by atoms with Crippen LogP contribution >= 0.6 is 0 Å². The normalized spacial score (nSPS) is 22.7. The van der Waals surface area contributed by atoms with Gasteiger partial charge in [-0.3, -0.25) is 4.79 Å². The number of nitrogens with zero attached hydrogens (tertiary/aromatic N) is 4. The molecule has 7 heteroatoms. The van der Waals surface area contributed by atoms with E-state index in [2.05, 4.69) is 52.1 Å². The highest BCUT2D eigenvalue weighted by Gasteiger charge is 2.31. The zero-order chi connectivity index (χ0) is 25.6. The second-order valence-electron chi connectivity index (χ2n) is 10.7. The minimum absolute atomic E-state index is 0.00217. The number of aromatic nitrogens is 2. The zero-order valence-electron chi connectivity index (χ0n) is 21.9. The first-order valence-electron chi connectivity index (χ1n) is 14.0. The number of allylic oxidation sites excluding steroid dienone is 2. The predicted octanol–water partition coefficient (Wildman–Crippen LogP) is 5.48. The van der Waals surface area contributed by atoms with E-state index in [4.69, 9.17) is 4.74 Å². The number of carbonyl (C=O) groups excluding carboxylic acids is 1. The molecule has 2 aliphatic heterocycles. The van der Waals surface area contributed by atoms with E-state index in [-0.39, 0.29) is 18.4 Å². The Balaban J connectivity index is 1.03. The molecule has 37 heavy (non-hydrogen) atoms. The minimum Gasteiger partial charge on any atom is -0.494 e. The fraction of sp³-hybridized carbons (Fsp3) is 0.567. The van der Waals surface area contributed by atoms with Gasteiger partial charge in [0.25, 0.3) is 0 Å². The standard InChI is InChI=1S/C30H39FN4O2/c1-2-22-19-32-30(33-20-22)34-15-11-23(12-16-34)14-18-37-28-9-7-25(8-10-28)24-3-5-26(6-4-24)29(36)35-17-13-27(31)21-35/h3,7-10,19-20,23,26-27H,2,4-6,11-18,21H2,1H3/t26?,27-/m0/s1. The Morgan fingerprint density at radius 2 is 1.81 bits per heavy atom. The van der Waals surface area contributed by atoms with Crippen molar-refractivity contribution in [2.24, 2.45) is 11.8 Å². The van der Waals surface area contributed by atoms with Crippen molar-refractivity contribution in [1.82, 2.24) is 14.9 Å². The summed E-state index contributed by atoms with van der Waals surface area (Å²) in [6.45, 7) is 5.69. The van der Waals surface area contributed by atoms with Gasteiger partial charge in [-0.15, -0.1) is 0 Å². The fourth-order valence-electron chi connectivity index (χ4n) is 5.72. The van der Waals surface area contributed by atoms with Crippen molar-refractivity contribution >= 4 is 17.4 Å². The maximum absolute atomic E-state index is 13.5. The molecule has 1 aromatic heterocycles. The van der Waals surface area contributed by atoms with Gasteiger partial charge >= 0.3 is 0 Å². The first kappa shape index (κ1) is 25.7. The lowest BCUT2D eigenvalue weighted by Crippen LogP contribution is -2.35. The van der Waals surface area contributed by atoms with Gasteiger partial charge in [0.15, 0.2) is 0 Å². The van der Waals surface area contributed by atoms with Crippen molar-refractivity contribution in [3.8, 4) is 5.75 Å². The van der Waals surface area contributed by atoms with Gasteiger partial charge < -0.3 is 14.5 Å². The molecule has 198 valence electrons. The van der Waals surface area contributed by atoms with Crippen LogP contribution < -0.4 is 9.64 Å². The van der Waals surface area contributed by atoms with Crippen LogP contribution in [0.4, 0.5) is 10.3 Å². The maximum Gasteiger partial charge on any atom is 0.226 e. The molecule has 5 rings (SSSR count). The first-order valence-corrected chi connectivity index (χ1v) is 14.0. The monoisotopic (exact) mass is 506 g/mol. The predicted molar refractivity (Wildman–Crippen MR) is 144 cm³/mol. The van der Waals surface area contributed by atoms with Crippen molar-refractivity contribution in [2.75, 3.05) is 37.7 Å². The molecule has 0 saturated carbocycles. The van der Waals surface area contributed by atoms with Crippen LogP contribution in [0.2, 0.25) is 0 Å². The summed E-state index contributed by atoms with van der Waals surface area (Å²) in [5.41, 5.74) is 3.67. The van der Waals surface area contributed by atoms with Crippen molar-refractivity contribution in [1.29, 1.82) is 0 Å². The number of piperidine rings is 1. The third-order valence-corrected chi connectivity index (χ3v) is 8.22. The number of hydrogen-bond donors (Lipinski definition) is 0. The van der Waals surface area contributed by atoms with E-state index in [9.17, 15) is 9.18 Å². The van der Waals surface area contributed by atoms with E-state index in [1.807, 2.05) is 12.4 Å². The van der Waals surface area contributed by atoms with Crippen LogP contribution in [-0.4, -0.2) is 59.7 Å². The average molecular weight is 507 g/mol. The summed E-state index contributed by atoms with van der Waals surface area (Å²) in [7, 11) is 0. The largest absolute Gasteiger partial charge is 0.494 e. The minimum atomic E-state index is -0.851. The van der Waals surface area contributed by atoms with Crippen LogP contribution in [0.15, 0.2) is 42.7 Å². The summed E-state index contributed by atoms with van der Waals surface area (Å²) < 4.78 is 19.5. The first-order chi connectivity index (χ1) is 18.1. The highest BCUT2D eigenvalue weighted by molar-refractivity contribution is 5.81. The number of carbonyl (C=O) groups is 1. The molecule has 3 aliphatic rings. The molecule has 0 radical (unpaired) electrons. The highest BCUT2D eigenvalue weighted by atomic mass is 19.1. The Labute approximate surface area is 219 Å². The van der Waals surface area contributed by atoms with Crippen LogP contribution in [0, 0.1) is 11.8 Å². The number of alkyl halides is 1. The summed E-state index contributed by atoms with van der Waals surface area (Å²) in [4.78, 5) is 25.7. The molecule has 1 unspecified atom stereocenters. The summed E-state index contributed by atoms with van der Waals surface area (Å²) in [5.74, 6) is 2.56. The van der Waals surface area contributed by atoms with E-state index in [1.54, 1.807) is 4.90 Å². The van der Waals surface area contributed by atoms with Crippen LogP contribution in [0.1, 0.15) is 63.0 Å². The second-order valence-corrected chi connectivity index (χ2v) is 10.7. The number of amides is 1. The highest BCUT2D eigenvalue weighted by Crippen LogP contribution is 2.33. The Morgan fingerprint density at radius 1 is 1.05 bits per heavy atom. The molecule has 1 amide bonds. The van der Waals surface area contributed by atoms with E-state index >= 15 is 0 Å². The van der Waals surface area contributed by atoms with Gasteiger partial charge in [0.1, 0.15) is 11.9 Å². The summed E-state index contributed by atoms with van der Waals surface area (Å²) in [5, 5.41) is 0. The molecule has 2 fully saturated rings. The van der Waals surface area contributed by atoms with Crippen molar-refractivity contribution in [3.63, 3.8) is 0 Å². The van der Waals surface area contributed by atoms with Crippen LogP contribution in [0.5, 0.6) is 5.75 Å². The number of rotatable bonds is 8. The molecule has 2 atom stereocenters. The molecule has 1 aliphatic carbocycles. The van der Waals surface area contributed by atoms with E-state index in [0.29, 0.717) is 18.9 Å². The van der Waals surface area contributed by atoms with Gasteiger partial charge in [0.2, 0.25) is 11.9 Å². The summed E-state index contributed by atoms with van der Waals surface area (Å²) in [6.07, 6.45) is 12.5. The summed E-state index contributed by atoms with van der Waals surface area (Å²) >= 11 is 0. The van der Waals surface area contributed by atoms with E-state index in [0.717, 1.165) is 76.3 Å². The molecule has 2 saturated heterocycles. The lowest BCUT2D eigenvalue weighted by atomic mass is 9.86. The van der Waals surface area contributed by atoms with Crippen LogP contribution in [-0.2, 0) is 11.2 Å². The molecule has 0 N–H and O–H groups in total. The smallest absolute Gasteiger partial charge is 0.226 e. The van der Waals surface area contributed by atoms with Crippen LogP contribution in [0.3, 0.4) is 0 Å². The Bertz CT molecular complexity index is 1060. The molecule has 2 aromatic rings. The maximum atomic E-state index is 13.5. The molecule has 1 aromatic carbocycles. The lowest BCUT2D eigenvalue weighted by Gasteiger charge is -2.32. The average Bonchev–Trinajstić information content (AvgIpc) is 3.40. The van der Waals surface area contributed by atoms with Crippen LogP contribution in [0.25, 0.3) is 5.57 Å². The van der Waals surface area contributed by atoms with Gasteiger partial charge in [0.05, 0.1) is 13.2 Å². The third-order valence-electron chi connectivity index (χ3n) is 8.22. The van der Waals surface area contributed by atoms with Crippen molar-refractivity contribution in [2.45, 2.75) is 64.5 Å². The Kier molecular flexibility index (Phi) is 8.37. The number of aryl methyl sites for hydroxylation is 1. The number of anilines is 1. The molecular formula is C30H39FN4O2. The quantitative estimate of drug-likeness (QED) is 0.475. The number of halogens is 1. The third kappa shape index (κ3) is 6.49. The number of likely N-dealkylation sites (tertiary alicyclic amines) is 1. The second kappa shape index (κ2) is 12.1. The van der Waals surface area contributed by atoms with E-state index < -0.39 is 6.17 Å². The topological polar surface area (TPSA) is 58.6 Å². The lowest BCUT2D eigenvalue weighted by molar-refractivity contribution is -0.134. The van der Waals surface area contributed by atoms with Gasteiger partial charge in [-0.1, -0.05) is 25.1 Å². The molecule has 0 bridgehead atoms.